The molecule has 0 aliphatic heterocycles. The number of hydrogen-bond acceptors (Lipinski definition) is 5. The van der Waals surface area contributed by atoms with Crippen molar-refractivity contribution in [2.75, 3.05) is 33.9 Å². The van der Waals surface area contributed by atoms with Crippen molar-refractivity contribution >= 4 is 18.0 Å². The summed E-state index contributed by atoms with van der Waals surface area (Å²) in [5, 5.41) is 0. The average molecular weight is 308 g/mol. The zero-order valence-corrected chi connectivity index (χ0v) is 13.9. The first-order valence-electron chi connectivity index (χ1n) is 7.34. The molecule has 0 saturated heterocycles. The molecule has 6 nitrogen and oxygen atoms in total. The van der Waals surface area contributed by atoms with Crippen LogP contribution in [0.5, 0.6) is 11.5 Å². The fraction of sp³-hybridized carbons (Fsp3) is 0.500. The molecule has 1 rings (SSSR count). The van der Waals surface area contributed by atoms with Gasteiger partial charge in [-0.05, 0) is 20.8 Å². The third-order valence-electron chi connectivity index (χ3n) is 2.58. The highest BCUT2D eigenvalue weighted by atomic mass is 16.5. The van der Waals surface area contributed by atoms with Gasteiger partial charge < -0.3 is 19.1 Å². The largest absolute Gasteiger partial charge is 0.490 e. The van der Waals surface area contributed by atoms with Crippen LogP contribution in [0, 0.1) is 0 Å². The second-order valence-corrected chi connectivity index (χ2v) is 4.61. The molecular formula is C16H24N2O4. The fourth-order valence-electron chi connectivity index (χ4n) is 1.74. The minimum Gasteiger partial charge on any atom is -0.490 e. The Bertz CT molecular complexity index is 527. The number of carbonyl (C=O) groups excluding carboxylic acids is 1. The lowest BCUT2D eigenvalue weighted by Gasteiger charge is -2.14. The van der Waals surface area contributed by atoms with Gasteiger partial charge >= 0.3 is 5.97 Å². The first-order valence-corrected chi connectivity index (χ1v) is 7.34. The van der Waals surface area contributed by atoms with E-state index in [4.69, 9.17) is 14.2 Å². The topological polar surface area (TPSA) is 60.4 Å². The van der Waals surface area contributed by atoms with Gasteiger partial charge in [-0.3, -0.25) is 0 Å². The summed E-state index contributed by atoms with van der Waals surface area (Å²) in [6, 6.07) is 3.32. The van der Waals surface area contributed by atoms with E-state index in [1.165, 1.54) is 0 Å². The van der Waals surface area contributed by atoms with Crippen LogP contribution in [0.15, 0.2) is 17.1 Å². The van der Waals surface area contributed by atoms with Crippen LogP contribution in [0.4, 0.5) is 5.69 Å². The summed E-state index contributed by atoms with van der Waals surface area (Å²) in [5.74, 6) is 0.636. The maximum absolute atomic E-state index is 12.1. The van der Waals surface area contributed by atoms with E-state index < -0.39 is 5.97 Å². The number of hydrogen-bond donors (Lipinski definition) is 0. The van der Waals surface area contributed by atoms with E-state index in [9.17, 15) is 4.79 Å². The highest BCUT2D eigenvalue weighted by Gasteiger charge is 2.18. The molecule has 0 saturated carbocycles. The van der Waals surface area contributed by atoms with Gasteiger partial charge in [0, 0.05) is 26.2 Å². The summed E-state index contributed by atoms with van der Waals surface area (Å²) in [7, 11) is 3.71. The summed E-state index contributed by atoms with van der Waals surface area (Å²) in [4.78, 5) is 18.2. The summed E-state index contributed by atoms with van der Waals surface area (Å²) in [6.07, 6.45) is 1.62. The highest BCUT2D eigenvalue weighted by molar-refractivity contribution is 5.96. The lowest BCUT2D eigenvalue weighted by Crippen LogP contribution is -2.09. The van der Waals surface area contributed by atoms with Gasteiger partial charge in [-0.25, -0.2) is 9.79 Å². The molecule has 1 aromatic carbocycles. The minimum absolute atomic E-state index is 0.298. The SMILES string of the molecule is CCOC(=O)c1cc(OCC)c(OCC)cc1/N=C/N(C)C. The normalized spacial score (nSPS) is 10.6. The van der Waals surface area contributed by atoms with Crippen LogP contribution in [0.25, 0.3) is 0 Å². The number of esters is 1. The van der Waals surface area contributed by atoms with Gasteiger partial charge in [0.1, 0.15) is 0 Å². The van der Waals surface area contributed by atoms with Gasteiger partial charge in [0.2, 0.25) is 0 Å². The maximum atomic E-state index is 12.1. The van der Waals surface area contributed by atoms with E-state index >= 15 is 0 Å². The predicted octanol–water partition coefficient (Wildman–Crippen LogP) is 2.88. The molecule has 0 atom stereocenters. The molecule has 0 heterocycles. The van der Waals surface area contributed by atoms with Crippen molar-refractivity contribution in [3.63, 3.8) is 0 Å². The van der Waals surface area contributed by atoms with E-state index in [2.05, 4.69) is 4.99 Å². The van der Waals surface area contributed by atoms with E-state index in [1.54, 1.807) is 30.3 Å². The Morgan fingerprint density at radius 1 is 1.09 bits per heavy atom. The fourth-order valence-corrected chi connectivity index (χ4v) is 1.74. The molecule has 122 valence electrons. The van der Waals surface area contributed by atoms with E-state index in [1.807, 2.05) is 27.9 Å². The molecule has 22 heavy (non-hydrogen) atoms. The Morgan fingerprint density at radius 2 is 1.68 bits per heavy atom. The van der Waals surface area contributed by atoms with Crippen molar-refractivity contribution in [1.82, 2.24) is 4.90 Å². The van der Waals surface area contributed by atoms with Gasteiger partial charge in [-0.1, -0.05) is 0 Å². The molecule has 6 heteroatoms. The van der Waals surface area contributed by atoms with Crippen LogP contribution in [-0.4, -0.2) is 51.1 Å². The standard InChI is InChI=1S/C16H24N2O4/c1-6-20-14-9-12(16(19)22-8-3)13(17-11-18(4)5)10-15(14)21-7-2/h9-11H,6-8H2,1-5H3/b17-11+. The zero-order chi connectivity index (χ0) is 16.5. The third-order valence-corrected chi connectivity index (χ3v) is 2.58. The lowest BCUT2D eigenvalue weighted by atomic mass is 10.1. The Kier molecular flexibility index (Phi) is 7.22. The summed E-state index contributed by atoms with van der Waals surface area (Å²) in [5.41, 5.74) is 0.839. The number of rotatable bonds is 8. The average Bonchev–Trinajstić information content (AvgIpc) is 2.47. The second kappa shape index (κ2) is 8.92. The molecule has 0 aromatic heterocycles. The van der Waals surface area contributed by atoms with E-state index in [-0.39, 0.29) is 0 Å². The molecule has 0 radical (unpaired) electrons. The van der Waals surface area contributed by atoms with Crippen LogP contribution in [0.3, 0.4) is 0 Å². The van der Waals surface area contributed by atoms with Crippen LogP contribution in [-0.2, 0) is 4.74 Å². The zero-order valence-electron chi connectivity index (χ0n) is 13.9. The van der Waals surface area contributed by atoms with Gasteiger partial charge in [0.15, 0.2) is 11.5 Å². The second-order valence-electron chi connectivity index (χ2n) is 4.61. The summed E-state index contributed by atoms with van der Waals surface area (Å²) >= 11 is 0. The molecule has 0 fully saturated rings. The Morgan fingerprint density at radius 3 is 2.18 bits per heavy atom. The van der Waals surface area contributed by atoms with E-state index in [0.717, 1.165) is 0 Å². The highest BCUT2D eigenvalue weighted by Crippen LogP contribution is 2.35. The summed E-state index contributed by atoms with van der Waals surface area (Å²) in [6.45, 7) is 6.79. The number of nitrogens with zero attached hydrogens (tertiary/aromatic N) is 2. The van der Waals surface area contributed by atoms with Crippen molar-refractivity contribution in [2.45, 2.75) is 20.8 Å². The minimum atomic E-state index is -0.433. The van der Waals surface area contributed by atoms with Gasteiger partial charge in [-0.15, -0.1) is 0 Å². The van der Waals surface area contributed by atoms with Crippen molar-refractivity contribution < 1.29 is 19.0 Å². The van der Waals surface area contributed by atoms with Gasteiger partial charge in [-0.2, -0.15) is 0 Å². The number of benzene rings is 1. The van der Waals surface area contributed by atoms with Gasteiger partial charge in [0.05, 0.1) is 37.4 Å². The molecular weight excluding hydrogens is 284 g/mol. The molecule has 0 aliphatic carbocycles. The molecule has 1 aromatic rings. The quantitative estimate of drug-likeness (QED) is 0.420. The van der Waals surface area contributed by atoms with Crippen molar-refractivity contribution in [2.24, 2.45) is 4.99 Å². The number of ether oxygens (including phenoxy) is 3. The van der Waals surface area contributed by atoms with Crippen LogP contribution >= 0.6 is 0 Å². The first-order chi connectivity index (χ1) is 10.5. The number of carbonyl (C=O) groups is 1. The number of aliphatic imine (C=N–C) groups is 1. The predicted molar refractivity (Wildman–Crippen MR) is 86.6 cm³/mol. The smallest absolute Gasteiger partial charge is 0.340 e. The Labute approximate surface area is 131 Å². The Hall–Kier alpha value is -2.24. The molecule has 0 aliphatic rings. The van der Waals surface area contributed by atoms with Crippen molar-refractivity contribution in [1.29, 1.82) is 0 Å². The van der Waals surface area contributed by atoms with Gasteiger partial charge in [0.25, 0.3) is 0 Å². The van der Waals surface area contributed by atoms with Crippen LogP contribution < -0.4 is 9.47 Å². The molecule has 0 unspecified atom stereocenters. The molecule has 0 N–H and O–H groups in total. The van der Waals surface area contributed by atoms with E-state index in [0.29, 0.717) is 42.6 Å². The van der Waals surface area contributed by atoms with Crippen LogP contribution in [0.2, 0.25) is 0 Å². The maximum Gasteiger partial charge on any atom is 0.340 e. The molecule has 0 spiro atoms. The van der Waals surface area contributed by atoms with Crippen LogP contribution in [0.1, 0.15) is 31.1 Å². The molecule has 0 bridgehead atoms. The molecule has 0 amide bonds. The monoisotopic (exact) mass is 308 g/mol. The summed E-state index contributed by atoms with van der Waals surface area (Å²) < 4.78 is 16.2. The first kappa shape index (κ1) is 17.8. The lowest BCUT2D eigenvalue weighted by molar-refractivity contribution is 0.0527. The Balaban J connectivity index is 3.34. The van der Waals surface area contributed by atoms with Crippen molar-refractivity contribution in [3.05, 3.63) is 17.7 Å². The third kappa shape index (κ3) is 4.95. The van der Waals surface area contributed by atoms with Crippen molar-refractivity contribution in [3.8, 4) is 11.5 Å².